The number of rotatable bonds is 15. The van der Waals surface area contributed by atoms with Gasteiger partial charge in [0.25, 0.3) is 0 Å². The van der Waals surface area contributed by atoms with Crippen LogP contribution in [0, 0.1) is 0 Å². The first-order valence-corrected chi connectivity index (χ1v) is 7.19. The van der Waals surface area contributed by atoms with Gasteiger partial charge in [-0.05, 0) is 6.92 Å². The van der Waals surface area contributed by atoms with E-state index in [0.717, 1.165) is 0 Å². The Morgan fingerprint density at radius 2 is 1.76 bits per heavy atom. The van der Waals surface area contributed by atoms with E-state index in [1.807, 2.05) is 6.92 Å². The number of aliphatic hydroxyl groups is 1. The molecule has 0 aromatic carbocycles. The number of carbonyl (C=O) groups excluding carboxylic acids is 1. The molecule has 0 radical (unpaired) electrons. The van der Waals surface area contributed by atoms with Crippen LogP contribution in [-0.4, -0.2) is 76.6 Å². The standard InChI is InChI=1S/C13H28N2O6/c1-2-21-13(15-12(17)3-4-14)11-20-10-9-19-8-7-18-6-5-16/h13,16H,2-11,14H2,1H3,(H,15,17). The molecule has 0 aromatic heterocycles. The van der Waals surface area contributed by atoms with Gasteiger partial charge in [-0.15, -0.1) is 0 Å². The summed E-state index contributed by atoms with van der Waals surface area (Å²) in [5.74, 6) is -0.156. The second-order valence-electron chi connectivity index (χ2n) is 4.07. The van der Waals surface area contributed by atoms with Crippen LogP contribution in [0.3, 0.4) is 0 Å². The molecule has 1 atom stereocenters. The summed E-state index contributed by atoms with van der Waals surface area (Å²) in [5.41, 5.74) is 5.30. The van der Waals surface area contributed by atoms with Gasteiger partial charge in [-0.2, -0.15) is 0 Å². The highest BCUT2D eigenvalue weighted by molar-refractivity contribution is 5.76. The average Bonchev–Trinajstić information content (AvgIpc) is 2.46. The maximum Gasteiger partial charge on any atom is 0.223 e. The zero-order valence-electron chi connectivity index (χ0n) is 12.7. The average molecular weight is 308 g/mol. The van der Waals surface area contributed by atoms with E-state index in [0.29, 0.717) is 46.2 Å². The molecule has 0 spiro atoms. The molecule has 8 heteroatoms. The smallest absolute Gasteiger partial charge is 0.223 e. The summed E-state index contributed by atoms with van der Waals surface area (Å²) in [6.45, 7) is 4.94. The Morgan fingerprint density at radius 1 is 1.14 bits per heavy atom. The Balaban J connectivity index is 3.53. The van der Waals surface area contributed by atoms with Crippen LogP contribution in [0.2, 0.25) is 0 Å². The number of nitrogens with one attached hydrogen (secondary N) is 1. The van der Waals surface area contributed by atoms with Crippen LogP contribution in [0.25, 0.3) is 0 Å². The summed E-state index contributed by atoms with van der Waals surface area (Å²) in [6, 6.07) is 0. The van der Waals surface area contributed by atoms with E-state index in [9.17, 15) is 4.79 Å². The molecule has 0 fully saturated rings. The van der Waals surface area contributed by atoms with Gasteiger partial charge in [-0.3, -0.25) is 4.79 Å². The highest BCUT2D eigenvalue weighted by Crippen LogP contribution is 1.92. The van der Waals surface area contributed by atoms with Gasteiger partial charge in [0.05, 0.1) is 46.2 Å². The van der Waals surface area contributed by atoms with Gasteiger partial charge in [0.1, 0.15) is 0 Å². The molecule has 1 amide bonds. The molecular weight excluding hydrogens is 280 g/mol. The predicted octanol–water partition coefficient (Wildman–Crippen LogP) is -1.14. The zero-order chi connectivity index (χ0) is 15.8. The topological polar surface area (TPSA) is 112 Å². The van der Waals surface area contributed by atoms with Crippen molar-refractivity contribution in [2.45, 2.75) is 19.6 Å². The molecule has 0 rings (SSSR count). The number of hydrogen-bond donors (Lipinski definition) is 3. The van der Waals surface area contributed by atoms with Gasteiger partial charge >= 0.3 is 0 Å². The lowest BCUT2D eigenvalue weighted by molar-refractivity contribution is -0.127. The first kappa shape index (κ1) is 20.2. The van der Waals surface area contributed by atoms with E-state index in [-0.39, 0.29) is 25.5 Å². The van der Waals surface area contributed by atoms with Crippen molar-refractivity contribution in [2.24, 2.45) is 5.73 Å². The fourth-order valence-corrected chi connectivity index (χ4v) is 1.41. The molecule has 4 N–H and O–H groups in total. The number of hydrogen-bond acceptors (Lipinski definition) is 7. The largest absolute Gasteiger partial charge is 0.394 e. The van der Waals surface area contributed by atoms with Crippen LogP contribution in [0.4, 0.5) is 0 Å². The van der Waals surface area contributed by atoms with Crippen molar-refractivity contribution in [3.05, 3.63) is 0 Å². The molecule has 21 heavy (non-hydrogen) atoms. The normalized spacial score (nSPS) is 12.3. The van der Waals surface area contributed by atoms with E-state index < -0.39 is 6.23 Å². The first-order valence-electron chi connectivity index (χ1n) is 7.19. The summed E-state index contributed by atoms with van der Waals surface area (Å²) in [6.07, 6.45) is -0.206. The van der Waals surface area contributed by atoms with Gasteiger partial charge in [0.15, 0.2) is 6.23 Å². The Hall–Kier alpha value is -0.770. The maximum atomic E-state index is 11.4. The summed E-state index contributed by atoms with van der Waals surface area (Å²) in [4.78, 5) is 11.4. The van der Waals surface area contributed by atoms with Gasteiger partial charge in [-0.25, -0.2) is 0 Å². The summed E-state index contributed by atoms with van der Waals surface area (Å²) in [7, 11) is 0. The Labute approximate surface area is 125 Å². The van der Waals surface area contributed by atoms with E-state index >= 15 is 0 Å². The van der Waals surface area contributed by atoms with Crippen LogP contribution < -0.4 is 11.1 Å². The predicted molar refractivity (Wildman–Crippen MR) is 76.8 cm³/mol. The Kier molecular flexibility index (Phi) is 15.0. The molecule has 0 saturated carbocycles. The zero-order valence-corrected chi connectivity index (χ0v) is 12.7. The minimum Gasteiger partial charge on any atom is -0.394 e. The van der Waals surface area contributed by atoms with Crippen molar-refractivity contribution in [3.63, 3.8) is 0 Å². The molecule has 0 aliphatic heterocycles. The quantitative estimate of drug-likeness (QED) is 0.259. The van der Waals surface area contributed by atoms with Crippen LogP contribution in [0.1, 0.15) is 13.3 Å². The molecule has 0 aromatic rings. The molecule has 0 aliphatic carbocycles. The van der Waals surface area contributed by atoms with Crippen molar-refractivity contribution in [3.8, 4) is 0 Å². The van der Waals surface area contributed by atoms with E-state index in [2.05, 4.69) is 5.32 Å². The summed E-state index contributed by atoms with van der Waals surface area (Å²) in [5, 5.41) is 11.2. The van der Waals surface area contributed by atoms with Gasteiger partial charge in [0, 0.05) is 19.6 Å². The summed E-state index contributed by atoms with van der Waals surface area (Å²) >= 11 is 0. The second-order valence-corrected chi connectivity index (χ2v) is 4.07. The van der Waals surface area contributed by atoms with Crippen molar-refractivity contribution in [1.29, 1.82) is 0 Å². The van der Waals surface area contributed by atoms with Crippen LogP contribution in [0.5, 0.6) is 0 Å². The molecule has 0 saturated heterocycles. The first-order chi connectivity index (χ1) is 10.2. The van der Waals surface area contributed by atoms with Crippen LogP contribution in [-0.2, 0) is 23.7 Å². The van der Waals surface area contributed by atoms with E-state index in [4.69, 9.17) is 29.8 Å². The SMILES string of the molecule is CCOC(COCCOCCOCCO)NC(=O)CCN. The van der Waals surface area contributed by atoms with Crippen molar-refractivity contribution in [1.82, 2.24) is 5.32 Å². The molecule has 0 bridgehead atoms. The van der Waals surface area contributed by atoms with Gasteiger partial charge in [0.2, 0.25) is 5.91 Å². The fourth-order valence-electron chi connectivity index (χ4n) is 1.41. The van der Waals surface area contributed by atoms with E-state index in [1.165, 1.54) is 0 Å². The Bertz CT molecular complexity index is 243. The van der Waals surface area contributed by atoms with Crippen molar-refractivity contribution in [2.75, 3.05) is 59.4 Å². The molecular formula is C13H28N2O6. The number of aliphatic hydroxyl groups excluding tert-OH is 1. The third kappa shape index (κ3) is 13.9. The van der Waals surface area contributed by atoms with Gasteiger partial charge in [-0.1, -0.05) is 0 Å². The van der Waals surface area contributed by atoms with Gasteiger partial charge < -0.3 is 35.1 Å². The molecule has 0 aliphatic rings. The lowest BCUT2D eigenvalue weighted by atomic mass is 10.4. The third-order valence-corrected chi connectivity index (χ3v) is 2.31. The van der Waals surface area contributed by atoms with Crippen LogP contribution >= 0.6 is 0 Å². The lowest BCUT2D eigenvalue weighted by Crippen LogP contribution is -2.41. The molecule has 8 nitrogen and oxygen atoms in total. The van der Waals surface area contributed by atoms with E-state index in [1.54, 1.807) is 0 Å². The fraction of sp³-hybridized carbons (Fsp3) is 0.923. The minimum atomic E-state index is -0.470. The minimum absolute atomic E-state index is 0.0117. The van der Waals surface area contributed by atoms with Crippen LogP contribution in [0.15, 0.2) is 0 Å². The van der Waals surface area contributed by atoms with Crippen molar-refractivity contribution >= 4 is 5.91 Å². The molecule has 0 heterocycles. The third-order valence-electron chi connectivity index (χ3n) is 2.31. The molecule has 1 unspecified atom stereocenters. The monoisotopic (exact) mass is 308 g/mol. The number of nitrogens with two attached hydrogens (primary N) is 1. The second kappa shape index (κ2) is 15.6. The van der Waals surface area contributed by atoms with Crippen molar-refractivity contribution < 1.29 is 28.8 Å². The number of carbonyl (C=O) groups is 1. The number of ether oxygens (including phenoxy) is 4. The molecule has 126 valence electrons. The Morgan fingerprint density at radius 3 is 2.33 bits per heavy atom. The summed E-state index contributed by atoms with van der Waals surface area (Å²) < 4.78 is 21.0. The maximum absolute atomic E-state index is 11.4. The lowest BCUT2D eigenvalue weighted by Gasteiger charge is -2.18. The highest BCUT2D eigenvalue weighted by atomic mass is 16.6. The highest BCUT2D eigenvalue weighted by Gasteiger charge is 2.11. The number of amides is 1.